The smallest absolute Gasteiger partial charge is 0.229 e. The molecule has 1 N–H and O–H groups in total. The van der Waals surface area contributed by atoms with E-state index < -0.39 is 10.0 Å². The maximum absolute atomic E-state index is 12.1. The first-order valence-corrected chi connectivity index (χ1v) is 11.0. The molecule has 1 fully saturated rings. The van der Waals surface area contributed by atoms with Gasteiger partial charge in [0.05, 0.1) is 29.5 Å². The van der Waals surface area contributed by atoms with Crippen LogP contribution in [0.15, 0.2) is 18.2 Å². The van der Waals surface area contributed by atoms with Gasteiger partial charge in [0.1, 0.15) is 5.82 Å². The zero-order valence-corrected chi connectivity index (χ0v) is 17.1. The Morgan fingerprint density at radius 2 is 1.89 bits per heavy atom. The summed E-state index contributed by atoms with van der Waals surface area (Å²) in [6.07, 6.45) is 1.13. The maximum atomic E-state index is 12.1. The topological polar surface area (TPSA) is 87.5 Å². The highest BCUT2D eigenvalue weighted by molar-refractivity contribution is 7.92. The van der Waals surface area contributed by atoms with Gasteiger partial charge in [0.15, 0.2) is 0 Å². The van der Waals surface area contributed by atoms with Crippen molar-refractivity contribution in [3.63, 3.8) is 0 Å². The Balaban J connectivity index is 1.71. The van der Waals surface area contributed by atoms with Crippen LogP contribution in [0.25, 0.3) is 11.0 Å². The summed E-state index contributed by atoms with van der Waals surface area (Å²) in [6.45, 7) is 7.68. The third-order valence-electron chi connectivity index (χ3n) is 4.82. The molecule has 27 heavy (non-hydrogen) atoms. The molecule has 1 aliphatic heterocycles. The second kappa shape index (κ2) is 7.47. The van der Waals surface area contributed by atoms with Crippen LogP contribution in [0.1, 0.15) is 19.7 Å². The summed E-state index contributed by atoms with van der Waals surface area (Å²) in [5, 5.41) is 0. The maximum Gasteiger partial charge on any atom is 0.229 e. The first-order chi connectivity index (χ1) is 12.6. The summed E-state index contributed by atoms with van der Waals surface area (Å²) in [5.74, 6) is 1.17. The van der Waals surface area contributed by atoms with Crippen molar-refractivity contribution in [2.45, 2.75) is 20.4 Å². The number of nitrogens with zero attached hydrogens (tertiary/aromatic N) is 4. The molecular weight excluding hydrogens is 366 g/mol. The lowest BCUT2D eigenvalue weighted by atomic mass is 10.1. The first kappa shape index (κ1) is 19.6. The number of nitrogens with one attached hydrogen (secondary N) is 1. The highest BCUT2D eigenvalue weighted by atomic mass is 32.2. The predicted molar refractivity (Wildman–Crippen MR) is 106 cm³/mol. The number of piperazine rings is 1. The lowest BCUT2D eigenvalue weighted by molar-refractivity contribution is -0.136. The van der Waals surface area contributed by atoms with E-state index in [-0.39, 0.29) is 11.8 Å². The van der Waals surface area contributed by atoms with E-state index in [1.165, 1.54) is 0 Å². The van der Waals surface area contributed by atoms with E-state index in [4.69, 9.17) is 0 Å². The zero-order valence-electron chi connectivity index (χ0n) is 16.3. The number of anilines is 1. The zero-order chi connectivity index (χ0) is 19.8. The number of hydrogen-bond donors (Lipinski definition) is 1. The second-order valence-electron chi connectivity index (χ2n) is 7.42. The Bertz CT molecular complexity index is 943. The molecule has 0 bridgehead atoms. The lowest BCUT2D eigenvalue weighted by Crippen LogP contribution is -2.49. The number of aryl methyl sites for hydroxylation is 1. The molecule has 1 aliphatic rings. The minimum absolute atomic E-state index is 0.0335. The molecule has 0 spiro atoms. The van der Waals surface area contributed by atoms with E-state index >= 15 is 0 Å². The SMILES string of the molecule is CC(C)C(=O)N1CCN(Cc2nc3cc(NS(C)(=O)=O)ccc3n2C)CC1. The Kier molecular flexibility index (Phi) is 5.43. The number of imidazole rings is 1. The molecule has 1 amide bonds. The number of sulfonamides is 1. The van der Waals surface area contributed by atoms with Crippen molar-refractivity contribution in [3.8, 4) is 0 Å². The minimum Gasteiger partial charge on any atom is -0.340 e. The van der Waals surface area contributed by atoms with Crippen LogP contribution in [0, 0.1) is 5.92 Å². The van der Waals surface area contributed by atoms with Gasteiger partial charge in [-0.15, -0.1) is 0 Å². The Morgan fingerprint density at radius 3 is 2.48 bits per heavy atom. The van der Waals surface area contributed by atoms with Crippen molar-refractivity contribution in [2.75, 3.05) is 37.2 Å². The monoisotopic (exact) mass is 393 g/mol. The number of amides is 1. The van der Waals surface area contributed by atoms with Crippen LogP contribution in [0.5, 0.6) is 0 Å². The van der Waals surface area contributed by atoms with E-state index in [0.717, 1.165) is 49.3 Å². The number of aromatic nitrogens is 2. The van der Waals surface area contributed by atoms with Crippen molar-refractivity contribution in [1.82, 2.24) is 19.4 Å². The van der Waals surface area contributed by atoms with Crippen LogP contribution < -0.4 is 4.72 Å². The highest BCUT2D eigenvalue weighted by Crippen LogP contribution is 2.21. The van der Waals surface area contributed by atoms with Gasteiger partial charge in [0.25, 0.3) is 0 Å². The fourth-order valence-corrected chi connectivity index (χ4v) is 3.92. The minimum atomic E-state index is -3.32. The summed E-state index contributed by atoms with van der Waals surface area (Å²) in [5.41, 5.74) is 2.22. The van der Waals surface area contributed by atoms with Gasteiger partial charge in [-0.05, 0) is 18.2 Å². The van der Waals surface area contributed by atoms with Crippen molar-refractivity contribution < 1.29 is 13.2 Å². The van der Waals surface area contributed by atoms with Crippen molar-refractivity contribution in [3.05, 3.63) is 24.0 Å². The largest absolute Gasteiger partial charge is 0.340 e. The summed E-state index contributed by atoms with van der Waals surface area (Å²) in [7, 11) is -1.35. The van der Waals surface area contributed by atoms with Gasteiger partial charge in [0, 0.05) is 39.1 Å². The van der Waals surface area contributed by atoms with E-state index in [1.54, 1.807) is 12.1 Å². The standard InChI is InChI=1S/C18H27N5O3S/c1-13(2)18(24)23-9-7-22(8-10-23)12-17-19-15-11-14(20-27(4,25)26)5-6-16(15)21(17)3/h5-6,11,13,20H,7-10,12H2,1-4H3. The fourth-order valence-electron chi connectivity index (χ4n) is 3.36. The van der Waals surface area contributed by atoms with Gasteiger partial charge in [-0.1, -0.05) is 13.8 Å². The Hall–Kier alpha value is -2.13. The van der Waals surface area contributed by atoms with E-state index in [9.17, 15) is 13.2 Å². The fraction of sp³-hybridized carbons (Fsp3) is 0.556. The molecule has 0 saturated carbocycles. The number of benzene rings is 1. The molecule has 0 radical (unpaired) electrons. The van der Waals surface area contributed by atoms with E-state index in [1.807, 2.05) is 36.4 Å². The van der Waals surface area contributed by atoms with Crippen molar-refractivity contribution in [2.24, 2.45) is 13.0 Å². The molecule has 2 aromatic rings. The van der Waals surface area contributed by atoms with Crippen molar-refractivity contribution in [1.29, 1.82) is 0 Å². The van der Waals surface area contributed by atoms with Gasteiger partial charge in [0.2, 0.25) is 15.9 Å². The van der Waals surface area contributed by atoms with Gasteiger partial charge >= 0.3 is 0 Å². The molecule has 3 rings (SSSR count). The molecule has 0 unspecified atom stereocenters. The number of carbonyl (C=O) groups is 1. The lowest BCUT2D eigenvalue weighted by Gasteiger charge is -2.35. The predicted octanol–water partition coefficient (Wildman–Crippen LogP) is 1.24. The molecule has 1 saturated heterocycles. The number of fused-ring (bicyclic) bond motifs is 1. The number of carbonyl (C=O) groups excluding carboxylic acids is 1. The van der Waals surface area contributed by atoms with Gasteiger partial charge in [-0.25, -0.2) is 13.4 Å². The molecule has 9 heteroatoms. The third kappa shape index (κ3) is 4.59. The second-order valence-corrected chi connectivity index (χ2v) is 9.17. The van der Waals surface area contributed by atoms with Gasteiger partial charge in [-0.3, -0.25) is 14.4 Å². The normalized spacial score (nSPS) is 16.3. The van der Waals surface area contributed by atoms with Crippen LogP contribution in [-0.2, 0) is 28.4 Å². The molecule has 1 aromatic carbocycles. The molecular formula is C18H27N5O3S. The molecule has 2 heterocycles. The van der Waals surface area contributed by atoms with Crippen molar-refractivity contribution >= 4 is 32.7 Å². The van der Waals surface area contributed by atoms with Crippen LogP contribution >= 0.6 is 0 Å². The van der Waals surface area contributed by atoms with Crippen LogP contribution in [0.3, 0.4) is 0 Å². The Morgan fingerprint density at radius 1 is 1.22 bits per heavy atom. The number of hydrogen-bond acceptors (Lipinski definition) is 5. The Labute approximate surface area is 160 Å². The molecule has 8 nitrogen and oxygen atoms in total. The van der Waals surface area contributed by atoms with Crippen LogP contribution in [0.4, 0.5) is 5.69 Å². The molecule has 0 atom stereocenters. The highest BCUT2D eigenvalue weighted by Gasteiger charge is 2.23. The molecule has 0 aliphatic carbocycles. The number of rotatable bonds is 5. The van der Waals surface area contributed by atoms with Gasteiger partial charge < -0.3 is 9.47 Å². The quantitative estimate of drug-likeness (QED) is 0.826. The average molecular weight is 394 g/mol. The summed E-state index contributed by atoms with van der Waals surface area (Å²) in [4.78, 5) is 21.0. The van der Waals surface area contributed by atoms with Crippen LogP contribution in [0.2, 0.25) is 0 Å². The first-order valence-electron chi connectivity index (χ1n) is 9.08. The molecule has 1 aromatic heterocycles. The molecule has 148 valence electrons. The van der Waals surface area contributed by atoms with E-state index in [2.05, 4.69) is 14.6 Å². The van der Waals surface area contributed by atoms with Gasteiger partial charge in [-0.2, -0.15) is 0 Å². The van der Waals surface area contributed by atoms with E-state index in [0.29, 0.717) is 12.2 Å². The summed E-state index contributed by atoms with van der Waals surface area (Å²) >= 11 is 0. The summed E-state index contributed by atoms with van der Waals surface area (Å²) < 4.78 is 27.3. The van der Waals surface area contributed by atoms with Crippen LogP contribution in [-0.4, -0.2) is 66.1 Å². The summed E-state index contributed by atoms with van der Waals surface area (Å²) in [6, 6.07) is 5.36. The average Bonchev–Trinajstić information content (AvgIpc) is 2.88. The third-order valence-corrected chi connectivity index (χ3v) is 5.43.